The molecule has 0 unspecified atom stereocenters. The van der Waals surface area contributed by atoms with E-state index < -0.39 is 0 Å². The molecule has 1 heterocycles. The quantitative estimate of drug-likeness (QED) is 0.605. The van der Waals surface area contributed by atoms with Gasteiger partial charge in [0.25, 0.3) is 0 Å². The van der Waals surface area contributed by atoms with Crippen LogP contribution in [-0.2, 0) is 0 Å². The molecule has 78 valence electrons. The highest BCUT2D eigenvalue weighted by Gasteiger charge is 2.10. The summed E-state index contributed by atoms with van der Waals surface area (Å²) in [6.07, 6.45) is 0. The summed E-state index contributed by atoms with van der Waals surface area (Å²) >= 11 is 0. The number of nitrogens with two attached hydrogens (primary N) is 1. The maximum atomic E-state index is 6.00. The van der Waals surface area contributed by atoms with E-state index in [-0.39, 0.29) is 0 Å². The lowest BCUT2D eigenvalue weighted by Crippen LogP contribution is -1.91. The first kappa shape index (κ1) is 8.91. The number of nitrogens with one attached hydrogen (secondary N) is 1. The van der Waals surface area contributed by atoms with Crippen molar-refractivity contribution in [3.05, 3.63) is 42.5 Å². The van der Waals surface area contributed by atoms with Gasteiger partial charge >= 0.3 is 0 Å². The lowest BCUT2D eigenvalue weighted by Gasteiger charge is -2.05. The molecule has 2 aromatic carbocycles. The zero-order valence-electron chi connectivity index (χ0n) is 8.51. The monoisotopic (exact) mass is 210 g/mol. The van der Waals surface area contributed by atoms with Gasteiger partial charge in [0.15, 0.2) is 0 Å². The minimum Gasteiger partial charge on any atom is -0.398 e. The molecule has 0 bridgehead atoms. The summed E-state index contributed by atoms with van der Waals surface area (Å²) < 4.78 is 0. The Kier molecular flexibility index (Phi) is 1.86. The molecule has 0 radical (unpaired) electrons. The fourth-order valence-electron chi connectivity index (χ4n) is 1.84. The van der Waals surface area contributed by atoms with E-state index in [0.29, 0.717) is 5.69 Å². The maximum Gasteiger partial charge on any atom is 0.122 e. The Morgan fingerprint density at radius 2 is 1.75 bits per heavy atom. The van der Waals surface area contributed by atoms with Crippen LogP contribution in [0.5, 0.6) is 0 Å². The number of benzene rings is 2. The van der Waals surface area contributed by atoms with Crippen molar-refractivity contribution in [3.63, 3.8) is 0 Å². The van der Waals surface area contributed by atoms with Crippen molar-refractivity contribution in [2.75, 3.05) is 5.73 Å². The van der Waals surface area contributed by atoms with Crippen molar-refractivity contribution in [3.8, 4) is 11.1 Å². The van der Waals surface area contributed by atoms with Crippen LogP contribution < -0.4 is 5.73 Å². The number of H-pyrrole nitrogens is 1. The summed E-state index contributed by atoms with van der Waals surface area (Å²) in [5, 5.41) is 10.8. The lowest BCUT2D eigenvalue weighted by atomic mass is 10.0. The normalized spacial score (nSPS) is 10.8. The van der Waals surface area contributed by atoms with Gasteiger partial charge in [-0.15, -0.1) is 0 Å². The number of nitrogen functional groups attached to an aromatic ring is 1. The molecule has 16 heavy (non-hydrogen) atoms. The van der Waals surface area contributed by atoms with Crippen LogP contribution in [0, 0.1) is 0 Å². The van der Waals surface area contributed by atoms with Crippen LogP contribution in [0.1, 0.15) is 0 Å². The second kappa shape index (κ2) is 3.34. The number of aromatic amines is 1. The number of hydrogen-bond acceptors (Lipinski definition) is 3. The second-order valence-electron chi connectivity index (χ2n) is 3.59. The molecule has 0 aliphatic carbocycles. The van der Waals surface area contributed by atoms with Gasteiger partial charge in [0.05, 0.1) is 0 Å². The summed E-state index contributed by atoms with van der Waals surface area (Å²) in [5.41, 5.74) is 10.3. The molecule has 0 saturated heterocycles. The second-order valence-corrected chi connectivity index (χ2v) is 3.59. The van der Waals surface area contributed by atoms with Gasteiger partial charge in [-0.05, 0) is 17.7 Å². The van der Waals surface area contributed by atoms with Crippen molar-refractivity contribution in [1.82, 2.24) is 15.4 Å². The molecule has 3 aromatic rings. The van der Waals surface area contributed by atoms with Crippen molar-refractivity contribution in [2.45, 2.75) is 0 Å². The molecule has 3 rings (SSSR count). The van der Waals surface area contributed by atoms with Gasteiger partial charge in [0.2, 0.25) is 0 Å². The van der Waals surface area contributed by atoms with Gasteiger partial charge in [0, 0.05) is 11.3 Å². The largest absolute Gasteiger partial charge is 0.398 e. The molecular formula is C12H10N4. The lowest BCUT2D eigenvalue weighted by molar-refractivity contribution is 0.959. The van der Waals surface area contributed by atoms with Gasteiger partial charge in [-0.25, -0.2) is 0 Å². The average Bonchev–Trinajstić information content (AvgIpc) is 2.78. The summed E-state index contributed by atoms with van der Waals surface area (Å²) in [6, 6.07) is 13.7. The molecule has 1 aromatic heterocycles. The molecule has 0 atom stereocenters. The molecule has 0 amide bonds. The van der Waals surface area contributed by atoms with E-state index in [1.807, 2.05) is 42.5 Å². The number of fused-ring (bicyclic) bond motifs is 1. The zero-order valence-corrected chi connectivity index (χ0v) is 8.51. The van der Waals surface area contributed by atoms with Crippen molar-refractivity contribution in [2.24, 2.45) is 0 Å². The van der Waals surface area contributed by atoms with Crippen LogP contribution in [0.25, 0.3) is 22.2 Å². The zero-order chi connectivity index (χ0) is 11.0. The van der Waals surface area contributed by atoms with Crippen LogP contribution in [0.15, 0.2) is 42.5 Å². The Labute approximate surface area is 92.1 Å². The van der Waals surface area contributed by atoms with Gasteiger partial charge < -0.3 is 5.73 Å². The van der Waals surface area contributed by atoms with Crippen LogP contribution in [0.4, 0.5) is 5.69 Å². The third-order valence-electron chi connectivity index (χ3n) is 2.58. The number of nitrogens with zero attached hydrogens (tertiary/aromatic N) is 2. The number of anilines is 1. The summed E-state index contributed by atoms with van der Waals surface area (Å²) in [5.74, 6) is 0. The molecule has 0 spiro atoms. The summed E-state index contributed by atoms with van der Waals surface area (Å²) in [7, 11) is 0. The number of hydrogen-bond donors (Lipinski definition) is 2. The average molecular weight is 210 g/mol. The SMILES string of the molecule is Nc1ccc2n[nH]nc2c1-c1ccccc1. The predicted octanol–water partition coefficient (Wildman–Crippen LogP) is 2.21. The smallest absolute Gasteiger partial charge is 0.122 e. The van der Waals surface area contributed by atoms with Gasteiger partial charge in [0.1, 0.15) is 11.0 Å². The van der Waals surface area contributed by atoms with E-state index in [1.54, 1.807) is 0 Å². The van der Waals surface area contributed by atoms with E-state index in [1.165, 1.54) is 0 Å². The standard InChI is InChI=1S/C12H10N4/c13-9-6-7-10-12(15-16-14-10)11(9)8-4-2-1-3-5-8/h1-7H,13H2,(H,14,15,16). The predicted molar refractivity (Wildman–Crippen MR) is 63.7 cm³/mol. The Hall–Kier alpha value is -2.36. The van der Waals surface area contributed by atoms with E-state index in [2.05, 4.69) is 15.4 Å². The Bertz CT molecular complexity index is 628. The highest BCUT2D eigenvalue weighted by Crippen LogP contribution is 2.31. The Morgan fingerprint density at radius 1 is 0.938 bits per heavy atom. The van der Waals surface area contributed by atoms with Crippen LogP contribution in [-0.4, -0.2) is 15.4 Å². The number of rotatable bonds is 1. The first-order chi connectivity index (χ1) is 7.86. The molecule has 0 saturated carbocycles. The molecular weight excluding hydrogens is 200 g/mol. The van der Waals surface area contributed by atoms with E-state index >= 15 is 0 Å². The third kappa shape index (κ3) is 1.24. The minimum atomic E-state index is 0.715. The van der Waals surface area contributed by atoms with E-state index in [0.717, 1.165) is 22.2 Å². The Morgan fingerprint density at radius 3 is 2.56 bits per heavy atom. The Balaban J connectivity index is 2.38. The van der Waals surface area contributed by atoms with Gasteiger partial charge in [-0.2, -0.15) is 15.4 Å². The van der Waals surface area contributed by atoms with Crippen molar-refractivity contribution < 1.29 is 0 Å². The fourth-order valence-corrected chi connectivity index (χ4v) is 1.84. The molecule has 0 aliphatic heterocycles. The molecule has 3 N–H and O–H groups in total. The van der Waals surface area contributed by atoms with Crippen molar-refractivity contribution >= 4 is 16.7 Å². The fraction of sp³-hybridized carbons (Fsp3) is 0. The third-order valence-corrected chi connectivity index (χ3v) is 2.58. The number of aromatic nitrogens is 3. The van der Waals surface area contributed by atoms with E-state index in [4.69, 9.17) is 5.73 Å². The van der Waals surface area contributed by atoms with E-state index in [9.17, 15) is 0 Å². The minimum absolute atomic E-state index is 0.715. The molecule has 0 fully saturated rings. The highest BCUT2D eigenvalue weighted by molar-refractivity contribution is 5.97. The van der Waals surface area contributed by atoms with Crippen LogP contribution in [0.3, 0.4) is 0 Å². The van der Waals surface area contributed by atoms with Crippen LogP contribution in [0.2, 0.25) is 0 Å². The van der Waals surface area contributed by atoms with Crippen molar-refractivity contribution in [1.29, 1.82) is 0 Å². The highest BCUT2D eigenvalue weighted by atomic mass is 15.3. The topological polar surface area (TPSA) is 67.6 Å². The summed E-state index contributed by atoms with van der Waals surface area (Å²) in [4.78, 5) is 0. The first-order valence-corrected chi connectivity index (χ1v) is 5.00. The van der Waals surface area contributed by atoms with Gasteiger partial charge in [-0.1, -0.05) is 30.3 Å². The van der Waals surface area contributed by atoms with Gasteiger partial charge in [-0.3, -0.25) is 0 Å². The molecule has 4 nitrogen and oxygen atoms in total. The molecule has 4 heteroatoms. The maximum absolute atomic E-state index is 6.00. The van der Waals surface area contributed by atoms with Crippen LogP contribution >= 0.6 is 0 Å². The first-order valence-electron chi connectivity index (χ1n) is 5.00. The molecule has 0 aliphatic rings. The summed E-state index contributed by atoms with van der Waals surface area (Å²) in [6.45, 7) is 0.